The molecule has 0 amide bonds. The molecule has 0 aromatic carbocycles. The Morgan fingerprint density at radius 2 is 2.41 bits per heavy atom. The molecule has 4 rings (SSSR count). The molecule has 0 radical (unpaired) electrons. The van der Waals surface area contributed by atoms with Gasteiger partial charge in [0.25, 0.3) is 0 Å². The average Bonchev–Trinajstić information content (AvgIpc) is 3.20. The molecule has 2 aromatic rings. The Kier molecular flexibility index (Phi) is 7.66. The third kappa shape index (κ3) is 5.02. The highest BCUT2D eigenvalue weighted by Crippen LogP contribution is 2.44. The maximum atomic E-state index is 10.6. The van der Waals surface area contributed by atoms with Crippen LogP contribution < -0.4 is 10.5 Å². The van der Waals surface area contributed by atoms with E-state index < -0.39 is 29.3 Å². The third-order valence-corrected chi connectivity index (χ3v) is 7.31. The third-order valence-electron chi connectivity index (χ3n) is 5.72. The quantitative estimate of drug-likeness (QED) is 0.163. The van der Waals surface area contributed by atoms with Gasteiger partial charge in [0, 0.05) is 40.3 Å². The standard InChI is InChI=1S/C21H24BrN7O4S/c1-12-3-4-29(28-12)18(27-24)9-26-21-6-16(15(30)10-32-11-21)33-20(19(21)31-2)34-17-5-13(22)8-25-14(17)7-23/h3-5,8-9,15-16,19-20,30H,6,10-11H2,1-2H3,(H2,24,26)/p+1/t15?,16?,19?,20-,21?/m1/s1. The monoisotopic (exact) mass is 550 g/mol. The summed E-state index contributed by atoms with van der Waals surface area (Å²) in [6.07, 6.45) is 3.33. The number of aromatic amines is 1. The van der Waals surface area contributed by atoms with E-state index in [-0.39, 0.29) is 18.9 Å². The Balaban J connectivity index is 1.71. The molecule has 0 spiro atoms. The molecule has 0 aliphatic carbocycles. The second-order valence-electron chi connectivity index (χ2n) is 8.05. The number of rotatable bonds is 5. The van der Waals surface area contributed by atoms with Crippen molar-refractivity contribution in [3.8, 4) is 6.07 Å². The van der Waals surface area contributed by atoms with E-state index in [1.54, 1.807) is 36.5 Å². The lowest BCUT2D eigenvalue weighted by atomic mass is 9.84. The highest BCUT2D eigenvalue weighted by atomic mass is 79.9. The Morgan fingerprint density at radius 3 is 3.09 bits per heavy atom. The summed E-state index contributed by atoms with van der Waals surface area (Å²) < 4.78 is 20.4. The highest BCUT2D eigenvalue weighted by molar-refractivity contribution is 9.10. The van der Waals surface area contributed by atoms with Crippen LogP contribution in [0.15, 0.2) is 44.0 Å². The fraction of sp³-hybridized carbons (Fsp3) is 0.476. The summed E-state index contributed by atoms with van der Waals surface area (Å²) >= 11 is 4.70. The lowest BCUT2D eigenvalue weighted by Crippen LogP contribution is -2.59. The normalized spacial score (nSPS) is 29.7. The van der Waals surface area contributed by atoms with Crippen molar-refractivity contribution >= 4 is 39.7 Å². The summed E-state index contributed by atoms with van der Waals surface area (Å²) in [6, 6.07) is 5.79. The van der Waals surface area contributed by atoms with E-state index in [0.717, 1.165) is 10.2 Å². The molecule has 13 heteroatoms. The van der Waals surface area contributed by atoms with Crippen LogP contribution in [-0.2, 0) is 14.2 Å². The molecule has 5 atom stereocenters. The first kappa shape index (κ1) is 24.8. The van der Waals surface area contributed by atoms with Gasteiger partial charge in [0.1, 0.15) is 41.7 Å². The molecule has 4 unspecified atom stereocenters. The Hall–Kier alpha value is -2.34. The number of methoxy groups -OCH3 is 1. The Labute approximate surface area is 209 Å². The van der Waals surface area contributed by atoms with Crippen molar-refractivity contribution < 1.29 is 24.0 Å². The molecule has 2 saturated heterocycles. The summed E-state index contributed by atoms with van der Waals surface area (Å²) in [4.78, 5) is 9.67. The van der Waals surface area contributed by atoms with E-state index in [9.17, 15) is 10.4 Å². The van der Waals surface area contributed by atoms with Crippen molar-refractivity contribution in [2.24, 2.45) is 15.9 Å². The van der Waals surface area contributed by atoms with Gasteiger partial charge >= 0.3 is 5.84 Å². The van der Waals surface area contributed by atoms with Gasteiger partial charge in [0.2, 0.25) is 0 Å². The van der Waals surface area contributed by atoms with Gasteiger partial charge < -0.3 is 19.3 Å². The Bertz CT molecular complexity index is 1140. The van der Waals surface area contributed by atoms with Gasteiger partial charge in [-0.15, -0.1) is 4.68 Å². The number of hydrogen-bond acceptors (Lipinski definition) is 10. The largest absolute Gasteiger partial charge is 0.388 e. The van der Waals surface area contributed by atoms with E-state index in [0.29, 0.717) is 17.2 Å². The fourth-order valence-electron chi connectivity index (χ4n) is 4.07. The molecule has 2 aliphatic heterocycles. The molecule has 2 aromatic heterocycles. The highest BCUT2D eigenvalue weighted by Gasteiger charge is 2.54. The summed E-state index contributed by atoms with van der Waals surface area (Å²) in [5.41, 5.74) is -0.288. The number of aryl methyl sites for hydroxylation is 1. The number of aliphatic hydroxyl groups excluding tert-OH is 1. The van der Waals surface area contributed by atoms with Crippen LogP contribution in [0, 0.1) is 18.3 Å². The number of halogens is 1. The Morgan fingerprint density at radius 1 is 1.59 bits per heavy atom. The van der Waals surface area contributed by atoms with Crippen LogP contribution >= 0.6 is 27.7 Å². The summed E-state index contributed by atoms with van der Waals surface area (Å²) in [5.74, 6) is 6.02. The summed E-state index contributed by atoms with van der Waals surface area (Å²) in [7, 11) is 1.58. The molecule has 2 aliphatic rings. The molecule has 180 valence electrons. The van der Waals surface area contributed by atoms with Crippen molar-refractivity contribution in [2.45, 2.75) is 47.5 Å². The van der Waals surface area contributed by atoms with Crippen LogP contribution in [-0.4, -0.2) is 76.8 Å². The van der Waals surface area contributed by atoms with Gasteiger partial charge in [0.15, 0.2) is 5.69 Å². The van der Waals surface area contributed by atoms with Crippen molar-refractivity contribution in [1.29, 1.82) is 5.26 Å². The van der Waals surface area contributed by atoms with E-state index >= 15 is 0 Å². The number of ether oxygens (including phenoxy) is 3. The van der Waals surface area contributed by atoms with Crippen molar-refractivity contribution in [3.63, 3.8) is 0 Å². The average molecular weight is 551 g/mol. The number of aliphatic imine (C=N–C) groups is 1. The predicted molar refractivity (Wildman–Crippen MR) is 127 cm³/mol. The molecule has 11 nitrogen and oxygen atoms in total. The maximum absolute atomic E-state index is 10.6. The number of hydrogen-bond donors (Lipinski definition) is 3. The van der Waals surface area contributed by atoms with Gasteiger partial charge in [0.05, 0.1) is 25.0 Å². The predicted octanol–water partition coefficient (Wildman–Crippen LogP) is 0.883. The lowest BCUT2D eigenvalue weighted by molar-refractivity contribution is -0.614. The molecular formula is C21H25BrN7O4S+. The smallest absolute Gasteiger partial charge is 0.388 e. The number of H-pyrrole nitrogens is 1. The second kappa shape index (κ2) is 10.5. The van der Waals surface area contributed by atoms with E-state index in [1.807, 2.05) is 13.0 Å². The second-order valence-corrected chi connectivity index (χ2v) is 10.1. The number of nitrogens with zero attached hydrogens (tertiary/aromatic N) is 5. The minimum Gasteiger partial charge on any atom is -0.388 e. The zero-order chi connectivity index (χ0) is 24.3. The zero-order valence-corrected chi connectivity index (χ0v) is 21.0. The number of thioether (sulfide) groups is 1. The molecule has 4 N–H and O–H groups in total. The van der Waals surface area contributed by atoms with Crippen molar-refractivity contribution in [2.75, 3.05) is 20.3 Å². The van der Waals surface area contributed by atoms with Gasteiger partial charge in [-0.05, 0) is 28.9 Å². The van der Waals surface area contributed by atoms with Crippen LogP contribution in [0.1, 0.15) is 17.8 Å². The number of hydrazone groups is 1. The number of nitriles is 1. The van der Waals surface area contributed by atoms with Crippen molar-refractivity contribution in [3.05, 3.63) is 40.4 Å². The van der Waals surface area contributed by atoms with Gasteiger partial charge in [-0.2, -0.15) is 5.26 Å². The first-order valence-electron chi connectivity index (χ1n) is 10.5. The number of aromatic nitrogens is 3. The first-order valence-corrected chi connectivity index (χ1v) is 12.1. The molecule has 4 heterocycles. The molecule has 2 fully saturated rings. The number of fused-ring (bicyclic) bond motifs is 2. The van der Waals surface area contributed by atoms with Crippen molar-refractivity contribution in [1.82, 2.24) is 10.1 Å². The van der Waals surface area contributed by atoms with Gasteiger partial charge in [-0.25, -0.2) is 15.9 Å². The maximum Gasteiger partial charge on any atom is 0.388 e. The van der Waals surface area contributed by atoms with E-state index in [4.69, 9.17) is 25.0 Å². The first-order chi connectivity index (χ1) is 16.4. The SMILES string of the molecule is COC1[C@@H](Sc2cc(Br)cnc2C#N)OC2CC1(N=C/C(=N\N)[n+]1ccc(C)[nH]1)COCC2O. The lowest BCUT2D eigenvalue weighted by Gasteiger charge is -2.45. The fourth-order valence-corrected chi connectivity index (χ4v) is 5.90. The molecule has 2 bridgehead atoms. The van der Waals surface area contributed by atoms with Gasteiger partial charge in [-0.3, -0.25) is 4.99 Å². The minimum atomic E-state index is -0.892. The van der Waals surface area contributed by atoms with E-state index in [2.05, 4.69) is 37.2 Å². The summed E-state index contributed by atoms with van der Waals surface area (Å²) in [5, 5.41) is 27.1. The van der Waals surface area contributed by atoms with E-state index in [1.165, 1.54) is 11.8 Å². The molecule has 34 heavy (non-hydrogen) atoms. The van der Waals surface area contributed by atoms with Crippen LogP contribution in [0.2, 0.25) is 0 Å². The van der Waals surface area contributed by atoms with Crippen LogP contribution in [0.4, 0.5) is 0 Å². The number of pyridine rings is 1. The van der Waals surface area contributed by atoms with Crippen LogP contribution in [0.3, 0.4) is 0 Å². The van der Waals surface area contributed by atoms with Gasteiger partial charge in [-0.1, -0.05) is 11.8 Å². The number of nitrogens with one attached hydrogen (secondary N) is 1. The summed E-state index contributed by atoms with van der Waals surface area (Å²) in [6.45, 7) is 2.23. The molecular weight excluding hydrogens is 526 g/mol. The van der Waals surface area contributed by atoms with Crippen LogP contribution in [0.25, 0.3) is 0 Å². The van der Waals surface area contributed by atoms with Crippen LogP contribution in [0.5, 0.6) is 0 Å². The zero-order valence-electron chi connectivity index (χ0n) is 18.6. The number of aliphatic hydroxyl groups is 1. The number of nitrogens with two attached hydrogens (primary N) is 1. The topological polar surface area (TPSA) is 155 Å². The molecule has 0 saturated carbocycles. The minimum absolute atomic E-state index is 0.111.